The molecule has 0 saturated carbocycles. The summed E-state index contributed by atoms with van der Waals surface area (Å²) in [5, 5.41) is 14.5. The number of benzene rings is 2. The zero-order valence-electron chi connectivity index (χ0n) is 17.3. The highest BCUT2D eigenvalue weighted by Crippen LogP contribution is 2.49. The van der Waals surface area contributed by atoms with Gasteiger partial charge in [0.2, 0.25) is 0 Å². The predicted molar refractivity (Wildman–Crippen MR) is 122 cm³/mol. The second kappa shape index (κ2) is 8.39. The van der Waals surface area contributed by atoms with Crippen molar-refractivity contribution in [2.24, 2.45) is 5.73 Å². The van der Waals surface area contributed by atoms with Crippen LogP contribution in [0.3, 0.4) is 0 Å². The summed E-state index contributed by atoms with van der Waals surface area (Å²) in [4.78, 5) is 13.6. The predicted octanol–water partition coefficient (Wildman–Crippen LogP) is 4.96. The van der Waals surface area contributed by atoms with E-state index in [1.807, 2.05) is 49.4 Å². The molecule has 5 nitrogen and oxygen atoms in total. The van der Waals surface area contributed by atoms with Gasteiger partial charge in [0, 0.05) is 41.8 Å². The second-order valence-electron chi connectivity index (χ2n) is 7.97. The molecule has 31 heavy (non-hydrogen) atoms. The van der Waals surface area contributed by atoms with Crippen LogP contribution in [-0.4, -0.2) is 29.9 Å². The molecule has 2 aliphatic rings. The maximum atomic E-state index is 13.6. The highest BCUT2D eigenvalue weighted by Gasteiger charge is 2.43. The average Bonchev–Trinajstić information content (AvgIpc) is 2.73. The van der Waals surface area contributed by atoms with Crippen LogP contribution in [-0.2, 0) is 4.79 Å². The first-order chi connectivity index (χ1) is 14.8. The molecular weight excluding hydrogens is 431 g/mol. The number of ketones is 1. The molecule has 0 unspecified atom stereocenters. The van der Waals surface area contributed by atoms with E-state index in [4.69, 9.17) is 28.9 Å². The Morgan fingerprint density at radius 1 is 1.13 bits per heavy atom. The number of rotatable bonds is 3. The van der Waals surface area contributed by atoms with Crippen molar-refractivity contribution in [1.82, 2.24) is 10.0 Å². The van der Waals surface area contributed by atoms with Gasteiger partial charge in [-0.15, -0.1) is 0 Å². The lowest BCUT2D eigenvalue weighted by Gasteiger charge is -2.44. The van der Waals surface area contributed by atoms with Gasteiger partial charge in [-0.25, -0.2) is 5.01 Å². The van der Waals surface area contributed by atoms with E-state index in [9.17, 15) is 10.1 Å². The van der Waals surface area contributed by atoms with Crippen molar-refractivity contribution >= 4 is 29.0 Å². The molecule has 4 rings (SSSR count). The largest absolute Gasteiger partial charge is 0.383 e. The van der Waals surface area contributed by atoms with Crippen molar-refractivity contribution in [3.8, 4) is 6.07 Å². The molecule has 2 N–H and O–H groups in total. The molecule has 2 aromatic rings. The molecule has 0 radical (unpaired) electrons. The minimum Gasteiger partial charge on any atom is -0.383 e. The van der Waals surface area contributed by atoms with Crippen LogP contribution in [0.2, 0.25) is 10.0 Å². The lowest BCUT2D eigenvalue weighted by atomic mass is 9.72. The first-order valence-electron chi connectivity index (χ1n) is 9.96. The first kappa shape index (κ1) is 21.5. The van der Waals surface area contributed by atoms with Gasteiger partial charge >= 0.3 is 0 Å². The van der Waals surface area contributed by atoms with E-state index in [1.165, 1.54) is 0 Å². The summed E-state index contributed by atoms with van der Waals surface area (Å²) < 4.78 is 0. The molecule has 1 heterocycles. The molecule has 0 aromatic heterocycles. The fraction of sp³-hybridized carbons (Fsp3) is 0.250. The maximum Gasteiger partial charge on any atom is 0.162 e. The van der Waals surface area contributed by atoms with Crippen LogP contribution < -0.4 is 5.73 Å². The van der Waals surface area contributed by atoms with Crippen molar-refractivity contribution in [2.45, 2.75) is 24.7 Å². The van der Waals surface area contributed by atoms with Gasteiger partial charge < -0.3 is 5.73 Å². The number of hydrazine groups is 1. The summed E-state index contributed by atoms with van der Waals surface area (Å²) in [6, 6.07) is 17.3. The smallest absolute Gasteiger partial charge is 0.162 e. The van der Waals surface area contributed by atoms with Crippen LogP contribution in [0.5, 0.6) is 0 Å². The van der Waals surface area contributed by atoms with Gasteiger partial charge in [0.1, 0.15) is 5.82 Å². The molecular formula is C24H22Cl2N4O. The molecule has 1 aliphatic heterocycles. The molecule has 158 valence electrons. The van der Waals surface area contributed by atoms with Crippen LogP contribution in [0, 0.1) is 11.3 Å². The zero-order chi connectivity index (χ0) is 22.3. The molecule has 2 atom stereocenters. The SMILES string of the molecule is CN(C)N1C(N)=C(C#N)[C@@H](c2ccc(Cl)cc2Cl)C2=C1C[C@H](c1ccccc1)CC2=O. The van der Waals surface area contributed by atoms with Gasteiger partial charge in [-0.2, -0.15) is 5.26 Å². The van der Waals surface area contributed by atoms with Crippen molar-refractivity contribution in [3.63, 3.8) is 0 Å². The highest BCUT2D eigenvalue weighted by atomic mass is 35.5. The minimum absolute atomic E-state index is 0.00165. The minimum atomic E-state index is -0.620. The van der Waals surface area contributed by atoms with E-state index in [-0.39, 0.29) is 11.7 Å². The van der Waals surface area contributed by atoms with Crippen LogP contribution in [0.4, 0.5) is 0 Å². The van der Waals surface area contributed by atoms with E-state index < -0.39 is 5.92 Å². The number of allylic oxidation sites excluding steroid dienone is 3. The lowest BCUT2D eigenvalue weighted by Crippen LogP contribution is -2.46. The molecule has 2 aromatic carbocycles. The van der Waals surface area contributed by atoms with Crippen LogP contribution in [0.25, 0.3) is 0 Å². The molecule has 0 amide bonds. The fourth-order valence-corrected chi connectivity index (χ4v) is 5.09. The molecule has 1 aliphatic carbocycles. The normalized spacial score (nSPS) is 21.4. The summed E-state index contributed by atoms with van der Waals surface area (Å²) in [5.74, 6) is -0.278. The standard InChI is InChI=1S/C24H22Cl2N4O/c1-29(2)30-20-10-15(14-6-4-3-5-7-14)11-21(31)23(20)22(18(13-27)24(30)28)17-9-8-16(25)12-19(17)26/h3-9,12,15,22H,10-11,28H2,1-2H3/t15-,22+/m0/s1. The molecule has 0 fully saturated rings. The van der Waals surface area contributed by atoms with E-state index in [0.29, 0.717) is 45.4 Å². The van der Waals surface area contributed by atoms with Gasteiger partial charge in [0.25, 0.3) is 0 Å². The Hall–Kier alpha value is -2.78. The summed E-state index contributed by atoms with van der Waals surface area (Å²) >= 11 is 12.6. The lowest BCUT2D eigenvalue weighted by molar-refractivity contribution is -0.117. The van der Waals surface area contributed by atoms with Crippen molar-refractivity contribution in [2.75, 3.05) is 14.1 Å². The number of nitriles is 1. The number of halogens is 2. The summed E-state index contributed by atoms with van der Waals surface area (Å²) in [5.41, 5.74) is 9.96. The maximum absolute atomic E-state index is 13.6. The molecule has 0 spiro atoms. The molecule has 0 saturated heterocycles. The third-order valence-electron chi connectivity index (χ3n) is 5.88. The molecule has 0 bridgehead atoms. The number of Topliss-reactive ketones (excluding diaryl/α,β-unsaturated/α-hetero) is 1. The van der Waals surface area contributed by atoms with E-state index in [2.05, 4.69) is 6.07 Å². The van der Waals surface area contributed by atoms with Crippen molar-refractivity contribution in [3.05, 3.63) is 92.4 Å². The van der Waals surface area contributed by atoms with Gasteiger partial charge in [-0.05, 0) is 35.6 Å². The number of hydrogen-bond acceptors (Lipinski definition) is 5. The Kier molecular flexibility index (Phi) is 5.81. The Morgan fingerprint density at radius 2 is 1.84 bits per heavy atom. The quantitative estimate of drug-likeness (QED) is 0.711. The Labute approximate surface area is 191 Å². The Morgan fingerprint density at radius 3 is 2.45 bits per heavy atom. The van der Waals surface area contributed by atoms with Crippen LogP contribution >= 0.6 is 23.2 Å². The third kappa shape index (κ3) is 3.72. The average molecular weight is 453 g/mol. The van der Waals surface area contributed by atoms with Crippen molar-refractivity contribution in [1.29, 1.82) is 5.26 Å². The van der Waals surface area contributed by atoms with Crippen LogP contribution in [0.15, 0.2) is 71.2 Å². The first-order valence-corrected chi connectivity index (χ1v) is 10.7. The van der Waals surface area contributed by atoms with Crippen molar-refractivity contribution < 1.29 is 4.79 Å². The fourth-order valence-electron chi connectivity index (χ4n) is 4.58. The number of nitrogens with zero attached hydrogens (tertiary/aromatic N) is 3. The highest BCUT2D eigenvalue weighted by molar-refractivity contribution is 6.35. The van der Waals surface area contributed by atoms with Gasteiger partial charge in [0.15, 0.2) is 5.78 Å². The van der Waals surface area contributed by atoms with E-state index in [1.54, 1.807) is 23.2 Å². The Balaban J connectivity index is 1.92. The van der Waals surface area contributed by atoms with Gasteiger partial charge in [-0.3, -0.25) is 9.80 Å². The number of hydrogen-bond donors (Lipinski definition) is 1. The van der Waals surface area contributed by atoms with Gasteiger partial charge in [0.05, 0.1) is 17.6 Å². The third-order valence-corrected chi connectivity index (χ3v) is 6.45. The second-order valence-corrected chi connectivity index (χ2v) is 8.81. The number of carbonyl (C=O) groups excluding carboxylic acids is 1. The number of nitrogens with two attached hydrogens (primary N) is 1. The van der Waals surface area contributed by atoms with E-state index >= 15 is 0 Å². The topological polar surface area (TPSA) is 73.4 Å². The zero-order valence-corrected chi connectivity index (χ0v) is 18.8. The summed E-state index contributed by atoms with van der Waals surface area (Å²) in [6.07, 6.45) is 0.995. The van der Waals surface area contributed by atoms with E-state index in [0.717, 1.165) is 11.3 Å². The van der Waals surface area contributed by atoms with Gasteiger partial charge in [-0.1, -0.05) is 59.6 Å². The summed E-state index contributed by atoms with van der Waals surface area (Å²) in [7, 11) is 3.69. The summed E-state index contributed by atoms with van der Waals surface area (Å²) in [6.45, 7) is 0. The monoisotopic (exact) mass is 452 g/mol. The van der Waals surface area contributed by atoms with Crippen LogP contribution in [0.1, 0.15) is 35.8 Å². The number of carbonyl (C=O) groups is 1. The molecule has 7 heteroatoms. The Bertz CT molecular complexity index is 1150.